The van der Waals surface area contributed by atoms with Gasteiger partial charge in [-0.1, -0.05) is 30.3 Å². The van der Waals surface area contributed by atoms with Gasteiger partial charge < -0.3 is 4.74 Å². The molecule has 7 nitrogen and oxygen atoms in total. The van der Waals surface area contributed by atoms with Crippen LogP contribution in [0.15, 0.2) is 82.5 Å². The van der Waals surface area contributed by atoms with Crippen LogP contribution in [0.3, 0.4) is 0 Å². The molecule has 5 aromatic rings. The molecule has 2 aromatic heterocycles. The second kappa shape index (κ2) is 8.44. The molecule has 0 atom stereocenters. The average Bonchev–Trinajstić information content (AvgIpc) is 2.82. The number of benzene rings is 3. The predicted octanol–water partition coefficient (Wildman–Crippen LogP) is 4.85. The summed E-state index contributed by atoms with van der Waals surface area (Å²) in [5.41, 5.74) is 5.13. The molecule has 0 unspecified atom stereocenters. The Bertz CT molecular complexity index is 1630. The zero-order valence-electron chi connectivity index (χ0n) is 19.0. The molecular weight excluding hydrogens is 428 g/mol. The third-order valence-corrected chi connectivity index (χ3v) is 5.68. The lowest BCUT2D eigenvalue weighted by Gasteiger charge is -2.15. The van der Waals surface area contributed by atoms with Crippen molar-refractivity contribution in [2.75, 3.05) is 0 Å². The molecule has 5 rings (SSSR count). The van der Waals surface area contributed by atoms with E-state index in [4.69, 9.17) is 9.72 Å². The van der Waals surface area contributed by atoms with Crippen LogP contribution in [0.2, 0.25) is 0 Å². The van der Waals surface area contributed by atoms with Crippen LogP contribution in [0.25, 0.3) is 27.8 Å². The first-order valence-corrected chi connectivity index (χ1v) is 10.8. The maximum atomic E-state index is 12.1. The minimum Gasteiger partial charge on any atom is -0.457 e. The van der Waals surface area contributed by atoms with Crippen molar-refractivity contribution in [3.63, 3.8) is 0 Å². The summed E-state index contributed by atoms with van der Waals surface area (Å²) in [7, 11) is 0. The molecule has 34 heavy (non-hydrogen) atoms. The molecule has 0 radical (unpaired) electrons. The number of aryl methyl sites for hydroxylation is 3. The Balaban J connectivity index is 1.50. The van der Waals surface area contributed by atoms with Gasteiger partial charge in [0.05, 0.1) is 16.9 Å². The molecule has 0 saturated heterocycles. The number of aromatic nitrogens is 4. The molecule has 7 heteroatoms. The fourth-order valence-electron chi connectivity index (χ4n) is 4.06. The van der Waals surface area contributed by atoms with Crippen LogP contribution in [0.1, 0.15) is 16.7 Å². The summed E-state index contributed by atoms with van der Waals surface area (Å²) in [4.78, 5) is 30.5. The van der Waals surface area contributed by atoms with Crippen molar-refractivity contribution in [3.05, 3.63) is 110 Å². The van der Waals surface area contributed by atoms with E-state index in [0.717, 1.165) is 49.7 Å². The zero-order chi connectivity index (χ0) is 23.8. The van der Waals surface area contributed by atoms with Crippen molar-refractivity contribution < 1.29 is 4.74 Å². The van der Waals surface area contributed by atoms with Crippen LogP contribution >= 0.6 is 0 Å². The van der Waals surface area contributed by atoms with Gasteiger partial charge >= 0.3 is 5.69 Å². The fraction of sp³-hybridized carbons (Fsp3) is 0.111. The topological polar surface area (TPSA) is 89.9 Å². The first-order valence-electron chi connectivity index (χ1n) is 10.8. The van der Waals surface area contributed by atoms with Gasteiger partial charge in [0.15, 0.2) is 0 Å². The summed E-state index contributed by atoms with van der Waals surface area (Å²) in [5.74, 6) is 1.40. The van der Waals surface area contributed by atoms with Crippen molar-refractivity contribution in [3.8, 4) is 28.4 Å². The van der Waals surface area contributed by atoms with Gasteiger partial charge in [-0.05, 0) is 73.9 Å². The summed E-state index contributed by atoms with van der Waals surface area (Å²) in [5, 5.41) is 4.95. The highest BCUT2D eigenvalue weighted by atomic mass is 16.5. The van der Waals surface area contributed by atoms with Gasteiger partial charge in [0.1, 0.15) is 17.7 Å². The molecule has 3 aromatic carbocycles. The number of aromatic amines is 1. The Labute approximate surface area is 195 Å². The van der Waals surface area contributed by atoms with Crippen molar-refractivity contribution in [1.82, 2.24) is 19.7 Å². The Morgan fingerprint density at radius 3 is 2.29 bits per heavy atom. The van der Waals surface area contributed by atoms with Crippen LogP contribution in [-0.4, -0.2) is 19.7 Å². The van der Waals surface area contributed by atoms with E-state index in [1.54, 1.807) is 12.1 Å². The highest BCUT2D eigenvalue weighted by Crippen LogP contribution is 2.33. The van der Waals surface area contributed by atoms with E-state index in [9.17, 15) is 9.59 Å². The van der Waals surface area contributed by atoms with E-state index in [1.165, 1.54) is 0 Å². The molecule has 168 valence electrons. The fourth-order valence-corrected chi connectivity index (χ4v) is 4.06. The van der Waals surface area contributed by atoms with Gasteiger partial charge in [-0.25, -0.2) is 9.78 Å². The number of pyridine rings is 1. The Kier molecular flexibility index (Phi) is 5.30. The monoisotopic (exact) mass is 450 g/mol. The average molecular weight is 450 g/mol. The minimum absolute atomic E-state index is 0.536. The van der Waals surface area contributed by atoms with Crippen LogP contribution in [0.4, 0.5) is 0 Å². The number of hydrogen-bond acceptors (Lipinski definition) is 5. The number of nitrogens with one attached hydrogen (secondary N) is 1. The third-order valence-electron chi connectivity index (χ3n) is 5.68. The summed E-state index contributed by atoms with van der Waals surface area (Å²) >= 11 is 0. The van der Waals surface area contributed by atoms with Crippen LogP contribution < -0.4 is 16.0 Å². The Morgan fingerprint density at radius 2 is 1.59 bits per heavy atom. The number of nitrogens with zero attached hydrogens (tertiary/aromatic N) is 3. The van der Waals surface area contributed by atoms with Gasteiger partial charge in [-0.2, -0.15) is 9.78 Å². The maximum absolute atomic E-state index is 12.1. The van der Waals surface area contributed by atoms with E-state index in [0.29, 0.717) is 17.2 Å². The molecule has 0 aliphatic rings. The number of H-pyrrole nitrogens is 1. The second-order valence-corrected chi connectivity index (χ2v) is 8.23. The molecular formula is C27H22N4O3. The van der Waals surface area contributed by atoms with Crippen molar-refractivity contribution in [2.45, 2.75) is 20.8 Å². The zero-order valence-corrected chi connectivity index (χ0v) is 19.0. The van der Waals surface area contributed by atoms with Crippen molar-refractivity contribution in [2.24, 2.45) is 0 Å². The van der Waals surface area contributed by atoms with E-state index in [2.05, 4.69) is 35.2 Å². The molecule has 2 heterocycles. The largest absolute Gasteiger partial charge is 0.457 e. The molecule has 0 amide bonds. The van der Waals surface area contributed by atoms with E-state index < -0.39 is 11.2 Å². The van der Waals surface area contributed by atoms with E-state index in [1.807, 2.05) is 50.2 Å². The third kappa shape index (κ3) is 3.99. The summed E-state index contributed by atoms with van der Waals surface area (Å²) < 4.78 is 7.42. The normalized spacial score (nSPS) is 11.0. The van der Waals surface area contributed by atoms with Gasteiger partial charge in [0.2, 0.25) is 0 Å². The predicted molar refractivity (Wildman–Crippen MR) is 132 cm³/mol. The lowest BCUT2D eigenvalue weighted by atomic mass is 10.0. The molecule has 0 saturated carbocycles. The lowest BCUT2D eigenvalue weighted by Crippen LogP contribution is -2.30. The Morgan fingerprint density at radius 1 is 0.853 bits per heavy atom. The molecule has 0 aliphatic carbocycles. The molecule has 0 bridgehead atoms. The van der Waals surface area contributed by atoms with Crippen molar-refractivity contribution in [1.29, 1.82) is 0 Å². The highest BCUT2D eigenvalue weighted by molar-refractivity contribution is 5.86. The molecule has 0 fully saturated rings. The smallest absolute Gasteiger partial charge is 0.349 e. The first kappa shape index (κ1) is 21.3. The van der Waals surface area contributed by atoms with Crippen molar-refractivity contribution >= 4 is 10.9 Å². The molecule has 1 N–H and O–H groups in total. The molecule has 0 aliphatic heterocycles. The summed E-state index contributed by atoms with van der Waals surface area (Å²) in [6, 6.07) is 21.7. The maximum Gasteiger partial charge on any atom is 0.349 e. The van der Waals surface area contributed by atoms with E-state index in [-0.39, 0.29) is 0 Å². The van der Waals surface area contributed by atoms with Crippen LogP contribution in [-0.2, 0) is 0 Å². The Hall–Kier alpha value is -4.52. The number of ether oxygens (including phenoxy) is 1. The van der Waals surface area contributed by atoms with Gasteiger partial charge in [0.25, 0.3) is 5.56 Å². The number of hydrogen-bond donors (Lipinski definition) is 1. The van der Waals surface area contributed by atoms with Gasteiger partial charge in [-0.3, -0.25) is 9.78 Å². The van der Waals surface area contributed by atoms with Crippen LogP contribution in [0.5, 0.6) is 11.5 Å². The van der Waals surface area contributed by atoms with Gasteiger partial charge in [0, 0.05) is 10.9 Å². The summed E-state index contributed by atoms with van der Waals surface area (Å²) in [6.07, 6.45) is 1.07. The highest BCUT2D eigenvalue weighted by Gasteiger charge is 2.12. The first-order chi connectivity index (χ1) is 16.4. The summed E-state index contributed by atoms with van der Waals surface area (Å²) in [6.45, 7) is 5.88. The quantitative estimate of drug-likeness (QED) is 0.423. The number of fused-ring (bicyclic) bond motifs is 1. The lowest BCUT2D eigenvalue weighted by molar-refractivity contribution is 0.475. The van der Waals surface area contributed by atoms with Crippen LogP contribution in [0, 0.1) is 20.8 Å². The minimum atomic E-state index is -0.590. The second-order valence-electron chi connectivity index (χ2n) is 8.23. The SMILES string of the molecule is Cc1cc(-n2ncc(=O)[nH]c2=O)cc(C)c1Oc1ccc2nc(-c3ccccc3)cc(C)c2c1. The standard InChI is InChI=1S/C27H22N4O3/c1-16-13-24(19-7-5-4-6-8-19)29-23-10-9-21(14-22(16)23)34-26-17(2)11-20(12-18(26)3)31-27(33)30-25(32)15-28-31/h4-15H,1-3H3,(H,30,32,33). The molecule has 0 spiro atoms. The van der Waals surface area contributed by atoms with Gasteiger partial charge in [-0.15, -0.1) is 0 Å². The number of rotatable bonds is 4. The van der Waals surface area contributed by atoms with E-state index >= 15 is 0 Å².